The first-order valence-electron chi connectivity index (χ1n) is 10.5. The molecule has 1 aliphatic heterocycles. The number of benzene rings is 2. The van der Waals surface area contributed by atoms with Crippen LogP contribution in [0.3, 0.4) is 0 Å². The molecule has 1 amide bonds. The van der Waals surface area contributed by atoms with Gasteiger partial charge in [0.2, 0.25) is 17.6 Å². The summed E-state index contributed by atoms with van der Waals surface area (Å²) in [5.74, 6) is 0.501. The molecule has 33 heavy (non-hydrogen) atoms. The Kier molecular flexibility index (Phi) is 8.52. The molecule has 8 nitrogen and oxygen atoms in total. The minimum Gasteiger partial charge on any atom is -0.508 e. The Morgan fingerprint density at radius 2 is 2.00 bits per heavy atom. The van der Waals surface area contributed by atoms with E-state index in [2.05, 4.69) is 15.6 Å². The molecule has 2 aromatic carbocycles. The number of carbonyl (C=O) groups is 1. The fraction of sp³-hybridized carbons (Fsp3) is 0.304. The van der Waals surface area contributed by atoms with E-state index in [1.807, 2.05) is 18.3 Å². The van der Waals surface area contributed by atoms with Gasteiger partial charge in [-0.1, -0.05) is 35.3 Å². The highest BCUT2D eigenvalue weighted by molar-refractivity contribution is 6.42. The van der Waals surface area contributed by atoms with Crippen LogP contribution in [0, 0.1) is 11.5 Å². The third-order valence-corrected chi connectivity index (χ3v) is 6.08. The van der Waals surface area contributed by atoms with Crippen LogP contribution in [0.4, 0.5) is 0 Å². The fourth-order valence-electron chi connectivity index (χ4n) is 3.59. The van der Waals surface area contributed by atoms with Gasteiger partial charge in [-0.2, -0.15) is 5.26 Å². The van der Waals surface area contributed by atoms with Gasteiger partial charge in [-0.3, -0.25) is 15.5 Å². The van der Waals surface area contributed by atoms with Gasteiger partial charge < -0.3 is 15.3 Å². The summed E-state index contributed by atoms with van der Waals surface area (Å²) in [4.78, 5) is 18.7. The number of likely N-dealkylation sites (tertiary alicyclic amines) is 1. The van der Waals surface area contributed by atoms with Gasteiger partial charge in [0.05, 0.1) is 16.6 Å². The van der Waals surface area contributed by atoms with Gasteiger partial charge in [0.1, 0.15) is 11.8 Å². The first-order valence-corrected chi connectivity index (χ1v) is 11.2. The van der Waals surface area contributed by atoms with Crippen molar-refractivity contribution in [1.29, 1.82) is 5.26 Å². The Hall–Kier alpha value is -3.28. The maximum absolute atomic E-state index is 12.5. The number of halogens is 2. The van der Waals surface area contributed by atoms with Crippen molar-refractivity contribution in [3.05, 3.63) is 63.6 Å². The molecule has 5 N–H and O–H groups in total. The number of hydrogen-bond acceptors (Lipinski definition) is 4. The predicted molar refractivity (Wildman–Crippen MR) is 128 cm³/mol. The number of guanidine groups is 1. The summed E-state index contributed by atoms with van der Waals surface area (Å²) in [5.41, 5.74) is 2.14. The third kappa shape index (κ3) is 6.60. The van der Waals surface area contributed by atoms with Gasteiger partial charge >= 0.3 is 0 Å². The molecular formula is C23H25Cl2N6O2+. The van der Waals surface area contributed by atoms with Gasteiger partial charge in [-0.05, 0) is 48.7 Å². The van der Waals surface area contributed by atoms with Crippen LogP contribution in [0.5, 0.6) is 5.75 Å². The van der Waals surface area contributed by atoms with Crippen LogP contribution in [0.25, 0.3) is 0 Å². The maximum Gasteiger partial charge on any atom is 0.223 e. The predicted octanol–water partition coefficient (Wildman–Crippen LogP) is 1.50. The van der Waals surface area contributed by atoms with Crippen molar-refractivity contribution in [1.82, 2.24) is 15.5 Å². The molecule has 172 valence electrons. The van der Waals surface area contributed by atoms with Crippen molar-refractivity contribution in [3.63, 3.8) is 0 Å². The number of nitrogens with zero attached hydrogens (tertiary/aromatic N) is 3. The molecular weight excluding hydrogens is 463 g/mol. The number of amides is 1. The molecule has 1 atom stereocenters. The number of nitrogens with one attached hydrogen (secondary N) is 2. The number of phenolic OH excluding ortho intramolecular Hbond substituents is 1. The van der Waals surface area contributed by atoms with Crippen molar-refractivity contribution in [2.24, 2.45) is 4.99 Å². The Labute approximate surface area is 202 Å². The number of aliphatic imine (C=N–C) groups is 1. The summed E-state index contributed by atoms with van der Waals surface area (Å²) in [5, 5.41) is 31.4. The summed E-state index contributed by atoms with van der Waals surface area (Å²) in [6, 6.07) is 11.5. The van der Waals surface area contributed by atoms with Crippen LogP contribution in [0.2, 0.25) is 10.0 Å². The second-order valence-corrected chi connectivity index (χ2v) is 8.37. The number of aromatic hydroxyl groups is 1. The summed E-state index contributed by atoms with van der Waals surface area (Å²) in [6.45, 7) is 1.25. The summed E-state index contributed by atoms with van der Waals surface area (Å²) >= 11 is 12.2. The number of nitriles is 1. The highest BCUT2D eigenvalue weighted by Gasteiger charge is 2.34. The van der Waals surface area contributed by atoms with E-state index in [0.717, 1.165) is 12.0 Å². The molecule has 0 aliphatic carbocycles. The van der Waals surface area contributed by atoms with Crippen molar-refractivity contribution in [3.8, 4) is 11.9 Å². The zero-order valence-electron chi connectivity index (χ0n) is 17.9. The molecule has 0 aromatic heterocycles. The van der Waals surface area contributed by atoms with E-state index < -0.39 is 6.04 Å². The van der Waals surface area contributed by atoms with Gasteiger partial charge in [0, 0.05) is 25.1 Å². The van der Waals surface area contributed by atoms with Crippen molar-refractivity contribution >= 4 is 40.8 Å². The second-order valence-electron chi connectivity index (χ2n) is 7.56. The van der Waals surface area contributed by atoms with E-state index in [1.165, 1.54) is 0 Å². The average Bonchev–Trinajstić information content (AvgIpc) is 3.22. The molecule has 0 radical (unpaired) electrons. The number of nitrogens with two attached hydrogens (primary N) is 1. The van der Waals surface area contributed by atoms with Crippen LogP contribution in [0.1, 0.15) is 24.0 Å². The lowest BCUT2D eigenvalue weighted by atomic mass is 10.0. The molecule has 1 saturated heterocycles. The topological polar surface area (TPSA) is 126 Å². The van der Waals surface area contributed by atoms with Gasteiger partial charge in [0.15, 0.2) is 6.19 Å². The van der Waals surface area contributed by atoms with Gasteiger partial charge in [-0.15, -0.1) is 0 Å². The lowest BCUT2D eigenvalue weighted by molar-refractivity contribution is -0.134. The lowest BCUT2D eigenvalue weighted by Crippen LogP contribution is -2.56. The van der Waals surface area contributed by atoms with Crippen LogP contribution in [-0.2, 0) is 11.2 Å². The first kappa shape index (κ1) is 24.4. The minimum atomic E-state index is -0.494. The van der Waals surface area contributed by atoms with Gasteiger partial charge in [-0.25, -0.2) is 4.99 Å². The summed E-state index contributed by atoms with van der Waals surface area (Å²) in [7, 11) is 0. The third-order valence-electron chi connectivity index (χ3n) is 5.34. The Balaban J connectivity index is 1.73. The van der Waals surface area contributed by atoms with Crippen LogP contribution in [0.15, 0.2) is 47.5 Å². The van der Waals surface area contributed by atoms with E-state index in [9.17, 15) is 9.90 Å². The molecule has 1 heterocycles. The molecule has 1 aliphatic rings. The van der Waals surface area contributed by atoms with Crippen LogP contribution < -0.4 is 16.0 Å². The standard InChI is InChI=1S/C23H24Cl2N6O2/c24-18-8-5-16(12-19(18)25)22(27)20(31-11-1-2-21(31)33)13-29-23(30-14-26)28-10-9-15-3-6-17(32)7-4-15/h3-8,12,20,27,32H,1-2,9-11,13H2,(H2,28,29,30)/p+1. The molecule has 1 unspecified atom stereocenters. The molecule has 2 aromatic rings. The largest absolute Gasteiger partial charge is 0.508 e. The van der Waals surface area contributed by atoms with E-state index in [0.29, 0.717) is 47.3 Å². The van der Waals surface area contributed by atoms with E-state index in [-0.39, 0.29) is 24.2 Å². The SMILES string of the molecule is N#CNC(=NCC(C(=[NH2+])c1ccc(Cl)c(Cl)c1)N1CCCC1=O)NCCc1ccc(O)cc1. The molecule has 3 rings (SSSR count). The number of hydrogen-bond donors (Lipinski definition) is 4. The quantitative estimate of drug-likeness (QED) is 0.194. The van der Waals surface area contributed by atoms with Crippen molar-refractivity contribution in [2.45, 2.75) is 25.3 Å². The van der Waals surface area contributed by atoms with E-state index in [1.54, 1.807) is 35.2 Å². The number of rotatable bonds is 8. The summed E-state index contributed by atoms with van der Waals surface area (Å²) < 4.78 is 0. The normalized spacial score (nSPS) is 14.6. The van der Waals surface area contributed by atoms with Crippen molar-refractivity contribution in [2.75, 3.05) is 19.6 Å². The minimum absolute atomic E-state index is 0.00768. The Bertz CT molecular complexity index is 1080. The van der Waals surface area contributed by atoms with E-state index in [4.69, 9.17) is 33.9 Å². The van der Waals surface area contributed by atoms with Crippen molar-refractivity contribution < 1.29 is 15.3 Å². The molecule has 0 saturated carbocycles. The molecule has 0 bridgehead atoms. The number of carbonyl (C=O) groups excluding carboxylic acids is 1. The highest BCUT2D eigenvalue weighted by Crippen LogP contribution is 2.24. The zero-order valence-corrected chi connectivity index (χ0v) is 19.4. The lowest BCUT2D eigenvalue weighted by Gasteiger charge is -2.25. The smallest absolute Gasteiger partial charge is 0.223 e. The first-order chi connectivity index (χ1) is 15.9. The monoisotopic (exact) mass is 487 g/mol. The fourth-order valence-corrected chi connectivity index (χ4v) is 3.89. The Morgan fingerprint density at radius 3 is 2.64 bits per heavy atom. The van der Waals surface area contributed by atoms with E-state index >= 15 is 0 Å². The number of phenols is 1. The zero-order chi connectivity index (χ0) is 23.8. The van der Waals surface area contributed by atoms with Crippen LogP contribution >= 0.6 is 23.2 Å². The second kappa shape index (κ2) is 11.5. The molecule has 1 fully saturated rings. The van der Waals surface area contributed by atoms with Crippen LogP contribution in [-0.4, -0.2) is 53.3 Å². The Morgan fingerprint density at radius 1 is 1.24 bits per heavy atom. The maximum atomic E-state index is 12.5. The average molecular weight is 488 g/mol. The molecule has 10 heteroatoms. The molecule has 0 spiro atoms. The van der Waals surface area contributed by atoms with Gasteiger partial charge in [0.25, 0.3) is 0 Å². The summed E-state index contributed by atoms with van der Waals surface area (Å²) in [6.07, 6.45) is 3.75. The highest BCUT2D eigenvalue weighted by atomic mass is 35.5.